The molecule has 11 nitrogen and oxygen atoms in total. The van der Waals surface area contributed by atoms with Crippen molar-refractivity contribution in [3.8, 4) is 0 Å². The highest BCUT2D eigenvalue weighted by Gasteiger charge is 2.28. The van der Waals surface area contributed by atoms with Crippen LogP contribution in [-0.4, -0.2) is 66.5 Å². The van der Waals surface area contributed by atoms with E-state index in [-0.39, 0.29) is 19.3 Å². The molecule has 78 heavy (non-hydrogen) atoms. The highest BCUT2D eigenvalue weighted by Crippen LogP contribution is 2.43. The van der Waals surface area contributed by atoms with Gasteiger partial charge < -0.3 is 24.2 Å². The second kappa shape index (κ2) is 58.5. The Morgan fingerprint density at radius 3 is 1.08 bits per heavy atom. The second-order valence-electron chi connectivity index (χ2n) is 19.0. The van der Waals surface area contributed by atoms with E-state index in [0.717, 1.165) is 135 Å². The summed E-state index contributed by atoms with van der Waals surface area (Å²) in [6.45, 7) is 4.24. The van der Waals surface area contributed by atoms with E-state index in [0.29, 0.717) is 19.3 Å². The monoisotopic (exact) mass is 1100 g/mol. The number of allylic oxidation sites excluding steroid dienone is 24. The topological polar surface area (TPSA) is 155 Å². The molecule has 440 valence electrons. The molecule has 2 N–H and O–H groups in total. The lowest BCUT2D eigenvalue weighted by Gasteiger charge is -2.21. The first-order valence-electron chi connectivity index (χ1n) is 29.7. The normalized spacial score (nSPS) is 14.4. The van der Waals surface area contributed by atoms with E-state index in [9.17, 15) is 28.9 Å². The van der Waals surface area contributed by atoms with E-state index in [1.165, 1.54) is 19.3 Å². The number of aliphatic hydroxyl groups is 1. The van der Waals surface area contributed by atoms with Crippen LogP contribution in [0.3, 0.4) is 0 Å². The van der Waals surface area contributed by atoms with Gasteiger partial charge in [0.15, 0.2) is 6.10 Å². The Morgan fingerprint density at radius 2 is 0.692 bits per heavy atom. The largest absolute Gasteiger partial charge is 0.472 e. The summed E-state index contributed by atoms with van der Waals surface area (Å²) in [5.41, 5.74) is 0. The minimum absolute atomic E-state index is 0.0864. The van der Waals surface area contributed by atoms with Crippen LogP contribution in [0.4, 0.5) is 0 Å². The van der Waals surface area contributed by atoms with Gasteiger partial charge in [0.2, 0.25) is 0 Å². The van der Waals surface area contributed by atoms with Crippen molar-refractivity contribution in [3.63, 3.8) is 0 Å². The van der Waals surface area contributed by atoms with Crippen LogP contribution in [0.25, 0.3) is 0 Å². The molecule has 0 rings (SSSR count). The Balaban J connectivity index is 4.90. The molecule has 0 aromatic heterocycles. The van der Waals surface area contributed by atoms with E-state index in [2.05, 4.69) is 154 Å². The van der Waals surface area contributed by atoms with E-state index in [1.54, 1.807) is 0 Å². The molecule has 0 fully saturated rings. The molecule has 0 saturated heterocycles. The Labute approximate surface area is 473 Å². The van der Waals surface area contributed by atoms with Crippen LogP contribution in [0, 0.1) is 0 Å². The third-order valence-corrected chi connectivity index (χ3v) is 12.7. The molecule has 0 saturated carbocycles. The molecule has 0 aliphatic heterocycles. The number of carbonyl (C=O) groups is 3. The first-order valence-corrected chi connectivity index (χ1v) is 31.2. The third kappa shape index (κ3) is 56.1. The fourth-order valence-corrected chi connectivity index (χ4v) is 8.07. The number of phosphoric ester groups is 1. The summed E-state index contributed by atoms with van der Waals surface area (Å²) < 4.78 is 39.5. The maximum atomic E-state index is 12.9. The van der Waals surface area contributed by atoms with Crippen molar-refractivity contribution < 1.29 is 52.2 Å². The summed E-state index contributed by atoms with van der Waals surface area (Å²) in [5.74, 6) is -1.63. The Morgan fingerprint density at radius 1 is 0.372 bits per heavy atom. The number of hydrogen-bond donors (Lipinski definition) is 2. The van der Waals surface area contributed by atoms with Crippen LogP contribution in [0.2, 0.25) is 0 Å². The quantitative estimate of drug-likeness (QED) is 0.0197. The van der Waals surface area contributed by atoms with Crippen LogP contribution in [-0.2, 0) is 42.2 Å². The minimum Gasteiger partial charge on any atom is -0.462 e. The molecule has 0 heterocycles. The van der Waals surface area contributed by atoms with Crippen LogP contribution in [0.1, 0.15) is 213 Å². The van der Waals surface area contributed by atoms with Gasteiger partial charge in [0.05, 0.1) is 19.8 Å². The number of ether oxygens (including phenoxy) is 3. The van der Waals surface area contributed by atoms with Gasteiger partial charge in [-0.25, -0.2) is 4.57 Å². The fraction of sp³-hybridized carbons (Fsp3) is 0.591. The molecule has 3 atom stereocenters. The van der Waals surface area contributed by atoms with Gasteiger partial charge in [-0.3, -0.25) is 23.4 Å². The average Bonchev–Trinajstić information content (AvgIpc) is 3.43. The Hall–Kier alpha value is -4.64. The molecule has 0 spiro atoms. The lowest BCUT2D eigenvalue weighted by molar-refractivity contribution is -0.161. The molecule has 0 aliphatic carbocycles. The minimum atomic E-state index is -4.79. The predicted octanol–water partition coefficient (Wildman–Crippen LogP) is 17.9. The number of unbranched alkanes of at least 4 members (excludes halogenated alkanes) is 12. The molecule has 0 aliphatic rings. The SMILES string of the molecule is CC/C=C\C/C=C\C/C=C\C/C=C\C/C=C\C/C=C\CCC(=O)OCC(COP(=O)(O)OCC(CO)OC(=O)CCCCCCC/C=C\C/C=C\CCCCC)OC(=O)CCCCCC/C=C\C/C=C\C/C=C\C/C=C\CC. The summed E-state index contributed by atoms with van der Waals surface area (Å²) in [6.07, 6.45) is 75.3. The first kappa shape index (κ1) is 73.4. The van der Waals surface area contributed by atoms with Crippen molar-refractivity contribution in [2.45, 2.75) is 226 Å². The van der Waals surface area contributed by atoms with E-state index in [1.807, 2.05) is 12.2 Å². The highest BCUT2D eigenvalue weighted by atomic mass is 31.2. The molecule has 0 aromatic rings. The van der Waals surface area contributed by atoms with Gasteiger partial charge in [0, 0.05) is 19.3 Å². The van der Waals surface area contributed by atoms with Gasteiger partial charge in [-0.2, -0.15) is 0 Å². The van der Waals surface area contributed by atoms with Gasteiger partial charge in [-0.05, 0) is 128 Å². The van der Waals surface area contributed by atoms with Crippen molar-refractivity contribution in [1.29, 1.82) is 0 Å². The lowest BCUT2D eigenvalue weighted by Crippen LogP contribution is -2.30. The number of aliphatic hydroxyl groups excluding tert-OH is 1. The zero-order valence-corrected chi connectivity index (χ0v) is 49.5. The van der Waals surface area contributed by atoms with E-state index >= 15 is 0 Å². The first-order chi connectivity index (χ1) is 38.2. The number of rotatable bonds is 53. The van der Waals surface area contributed by atoms with Crippen molar-refractivity contribution in [2.75, 3.05) is 26.4 Å². The van der Waals surface area contributed by atoms with Crippen molar-refractivity contribution in [1.82, 2.24) is 0 Å². The third-order valence-electron chi connectivity index (χ3n) is 11.7. The number of hydrogen-bond acceptors (Lipinski definition) is 10. The molecule has 0 amide bonds. The zero-order valence-electron chi connectivity index (χ0n) is 48.6. The molecular formula is C66H105O11P. The van der Waals surface area contributed by atoms with Crippen molar-refractivity contribution in [3.05, 3.63) is 146 Å². The van der Waals surface area contributed by atoms with Gasteiger partial charge in [0.1, 0.15) is 12.7 Å². The van der Waals surface area contributed by atoms with Gasteiger partial charge >= 0.3 is 25.7 Å². The lowest BCUT2D eigenvalue weighted by atomic mass is 10.1. The van der Waals surface area contributed by atoms with Crippen LogP contribution >= 0.6 is 7.82 Å². The van der Waals surface area contributed by atoms with E-state index < -0.39 is 64.4 Å². The Kier molecular flexibility index (Phi) is 55.0. The number of phosphoric acid groups is 1. The van der Waals surface area contributed by atoms with Crippen LogP contribution < -0.4 is 0 Å². The fourth-order valence-electron chi connectivity index (χ4n) is 7.28. The summed E-state index contributed by atoms with van der Waals surface area (Å²) in [7, 11) is -4.79. The van der Waals surface area contributed by atoms with Gasteiger partial charge in [-0.15, -0.1) is 0 Å². The summed E-state index contributed by atoms with van der Waals surface area (Å²) in [4.78, 5) is 48.6. The molecule has 0 bridgehead atoms. The maximum absolute atomic E-state index is 12.9. The molecule has 0 radical (unpaired) electrons. The highest BCUT2D eigenvalue weighted by molar-refractivity contribution is 7.47. The second-order valence-corrected chi connectivity index (χ2v) is 20.5. The van der Waals surface area contributed by atoms with Crippen molar-refractivity contribution >= 4 is 25.7 Å². The Bertz CT molecular complexity index is 1860. The maximum Gasteiger partial charge on any atom is 0.472 e. The summed E-state index contributed by atoms with van der Waals surface area (Å²) in [6, 6.07) is 0. The predicted molar refractivity (Wildman–Crippen MR) is 325 cm³/mol. The standard InChI is InChI=1S/C66H105O11P/c1-4-7-10-13-16-19-22-25-28-30-31-33-35-37-40-43-46-49-52-55-64(68)73-59-63(77-66(70)57-54-51-48-45-42-39-36-32-29-26-23-20-17-14-11-8-5-2)61-75-78(71,72)74-60-62(58-67)76-65(69)56-53-50-47-44-41-38-34-27-24-21-18-15-12-9-6-3/h7-8,10-11,16-21,25-29,31,33-34,36-37,39-40,46,49,62-63,67H,4-6,9,12-15,22-24,30,32,35,38,41-45,47-48,50-61H2,1-3H3,(H,71,72)/b10-7-,11-8-,19-16-,20-17-,21-18-,28-25-,29-26-,33-31-,34-27-,39-36-,40-37-,49-46-. The molecule has 12 heteroatoms. The van der Waals surface area contributed by atoms with Crippen molar-refractivity contribution in [2.24, 2.45) is 0 Å². The molecule has 3 unspecified atom stereocenters. The summed E-state index contributed by atoms with van der Waals surface area (Å²) in [5, 5.41) is 9.83. The average molecular weight is 1110 g/mol. The number of esters is 3. The molecule has 0 aromatic carbocycles. The van der Waals surface area contributed by atoms with Crippen LogP contribution in [0.5, 0.6) is 0 Å². The summed E-state index contributed by atoms with van der Waals surface area (Å²) >= 11 is 0. The van der Waals surface area contributed by atoms with Gasteiger partial charge in [0.25, 0.3) is 0 Å². The zero-order chi connectivity index (χ0) is 56.9. The smallest absolute Gasteiger partial charge is 0.462 e. The molecular weight excluding hydrogens is 1000 g/mol. The van der Waals surface area contributed by atoms with Gasteiger partial charge in [-0.1, -0.05) is 212 Å². The van der Waals surface area contributed by atoms with Crippen LogP contribution in [0.15, 0.2) is 146 Å². The van der Waals surface area contributed by atoms with E-state index in [4.69, 9.17) is 23.3 Å². The number of carbonyl (C=O) groups excluding carboxylic acids is 3.